The van der Waals surface area contributed by atoms with Crippen molar-refractivity contribution in [1.82, 2.24) is 0 Å². The molecule has 2 nitrogen and oxygen atoms in total. The number of benzene rings is 1. The number of hydrogen-bond acceptors (Lipinski definition) is 2. The van der Waals surface area contributed by atoms with Crippen molar-refractivity contribution < 1.29 is 5.11 Å². The number of aliphatic hydroxyl groups excluding tert-OH is 1. The van der Waals surface area contributed by atoms with Gasteiger partial charge in [-0.3, -0.25) is 4.99 Å². The molecule has 0 radical (unpaired) electrons. The molecule has 0 saturated heterocycles. The van der Waals surface area contributed by atoms with E-state index < -0.39 is 0 Å². The zero-order valence-corrected chi connectivity index (χ0v) is 8.41. The van der Waals surface area contributed by atoms with Gasteiger partial charge in [0.1, 0.15) is 0 Å². The minimum atomic E-state index is 0.358. The van der Waals surface area contributed by atoms with Gasteiger partial charge in [0.15, 0.2) is 0 Å². The summed E-state index contributed by atoms with van der Waals surface area (Å²) in [5.41, 5.74) is 4.14. The molecular formula is C11H12BNO. The molecule has 1 aromatic rings. The van der Waals surface area contributed by atoms with Gasteiger partial charge in [-0.25, -0.2) is 0 Å². The normalized spacial score (nSPS) is 15.4. The maximum absolute atomic E-state index is 9.36. The Labute approximate surface area is 84.2 Å². The van der Waals surface area contributed by atoms with Crippen LogP contribution in [0.4, 0.5) is 5.69 Å². The van der Waals surface area contributed by atoms with E-state index in [1.807, 2.05) is 25.1 Å². The van der Waals surface area contributed by atoms with Crippen LogP contribution in [-0.4, -0.2) is 18.0 Å². The van der Waals surface area contributed by atoms with E-state index in [0.717, 1.165) is 24.2 Å². The smallest absolute Gasteiger partial charge is 0.219 e. The highest BCUT2D eigenvalue weighted by Gasteiger charge is 2.17. The molecule has 70 valence electrons. The van der Waals surface area contributed by atoms with E-state index >= 15 is 0 Å². The maximum Gasteiger partial charge on any atom is 0.219 e. The third kappa shape index (κ3) is 1.46. The SMILES string of the molecule is C/C(O)=C(\C)C1=Nc2ccccc2B1. The Morgan fingerprint density at radius 1 is 1.29 bits per heavy atom. The van der Waals surface area contributed by atoms with Gasteiger partial charge >= 0.3 is 0 Å². The molecule has 0 bridgehead atoms. The molecule has 1 aliphatic rings. The van der Waals surface area contributed by atoms with Crippen molar-refractivity contribution in [2.75, 3.05) is 0 Å². The lowest BCUT2D eigenvalue weighted by Crippen LogP contribution is -2.19. The van der Waals surface area contributed by atoms with Gasteiger partial charge in [0.2, 0.25) is 7.28 Å². The molecule has 0 aromatic heterocycles. The summed E-state index contributed by atoms with van der Waals surface area (Å²) < 4.78 is 0. The lowest BCUT2D eigenvalue weighted by molar-refractivity contribution is 0.410. The van der Waals surface area contributed by atoms with Crippen LogP contribution in [0.1, 0.15) is 13.8 Å². The van der Waals surface area contributed by atoms with Gasteiger partial charge in [0.05, 0.1) is 11.4 Å². The zero-order valence-electron chi connectivity index (χ0n) is 8.41. The molecule has 0 amide bonds. The quantitative estimate of drug-likeness (QED) is 0.523. The fourth-order valence-electron chi connectivity index (χ4n) is 1.56. The summed E-state index contributed by atoms with van der Waals surface area (Å²) in [6.45, 7) is 3.60. The van der Waals surface area contributed by atoms with Crippen LogP contribution in [-0.2, 0) is 0 Å². The van der Waals surface area contributed by atoms with Gasteiger partial charge in [-0.15, -0.1) is 0 Å². The number of aliphatic imine (C=N–C) groups is 1. The summed E-state index contributed by atoms with van der Waals surface area (Å²) in [6.07, 6.45) is 0. The molecule has 0 spiro atoms. The molecule has 2 rings (SSSR count). The molecule has 0 aliphatic carbocycles. The van der Waals surface area contributed by atoms with Crippen LogP contribution in [0.15, 0.2) is 40.6 Å². The average molecular weight is 185 g/mol. The van der Waals surface area contributed by atoms with Crippen LogP contribution in [0.3, 0.4) is 0 Å². The van der Waals surface area contributed by atoms with Gasteiger partial charge in [0.25, 0.3) is 0 Å². The highest BCUT2D eigenvalue weighted by molar-refractivity contribution is 6.90. The van der Waals surface area contributed by atoms with Crippen LogP contribution in [0, 0.1) is 0 Å². The van der Waals surface area contributed by atoms with E-state index in [4.69, 9.17) is 0 Å². The molecule has 1 aliphatic heterocycles. The first-order valence-corrected chi connectivity index (χ1v) is 4.71. The lowest BCUT2D eigenvalue weighted by Gasteiger charge is -1.99. The van der Waals surface area contributed by atoms with E-state index in [1.165, 1.54) is 5.46 Å². The fraction of sp³-hybridized carbons (Fsp3) is 0.182. The van der Waals surface area contributed by atoms with E-state index in [-0.39, 0.29) is 0 Å². The minimum Gasteiger partial charge on any atom is -0.512 e. The molecule has 1 aromatic carbocycles. The van der Waals surface area contributed by atoms with Crippen molar-refractivity contribution >= 4 is 24.0 Å². The van der Waals surface area contributed by atoms with Gasteiger partial charge in [-0.05, 0) is 25.5 Å². The van der Waals surface area contributed by atoms with Gasteiger partial charge in [0, 0.05) is 5.61 Å². The second-order valence-corrected chi connectivity index (χ2v) is 3.57. The lowest BCUT2D eigenvalue weighted by atomic mass is 9.65. The van der Waals surface area contributed by atoms with Crippen LogP contribution in [0.2, 0.25) is 0 Å². The molecule has 0 fully saturated rings. The summed E-state index contributed by atoms with van der Waals surface area (Å²) in [5, 5.41) is 9.36. The number of nitrogens with zero attached hydrogens (tertiary/aromatic N) is 1. The van der Waals surface area contributed by atoms with Crippen LogP contribution in [0.5, 0.6) is 0 Å². The Balaban J connectivity index is 2.37. The van der Waals surface area contributed by atoms with E-state index in [1.54, 1.807) is 6.92 Å². The topological polar surface area (TPSA) is 32.6 Å². The second kappa shape index (κ2) is 3.33. The predicted octanol–water partition coefficient (Wildman–Crippen LogP) is 1.64. The summed E-state index contributed by atoms with van der Waals surface area (Å²) in [7, 11) is 0.833. The molecule has 3 heteroatoms. The summed E-state index contributed by atoms with van der Waals surface area (Å²) in [6, 6.07) is 8.08. The van der Waals surface area contributed by atoms with Gasteiger partial charge < -0.3 is 5.11 Å². The average Bonchev–Trinajstić information content (AvgIpc) is 2.59. The first-order valence-electron chi connectivity index (χ1n) is 4.71. The van der Waals surface area contributed by atoms with Gasteiger partial charge in [-0.1, -0.05) is 23.7 Å². The molecule has 0 saturated carbocycles. The summed E-state index contributed by atoms with van der Waals surface area (Å²) in [5.74, 6) is 0.358. The number of aliphatic hydroxyl groups is 1. The molecule has 14 heavy (non-hydrogen) atoms. The molecule has 1 N–H and O–H groups in total. The number of rotatable bonds is 1. The van der Waals surface area contributed by atoms with Crippen molar-refractivity contribution in [3.05, 3.63) is 35.6 Å². The largest absolute Gasteiger partial charge is 0.512 e. The van der Waals surface area contributed by atoms with Crippen molar-refractivity contribution in [2.45, 2.75) is 13.8 Å². The molecular weight excluding hydrogens is 173 g/mol. The molecule has 0 atom stereocenters. The van der Waals surface area contributed by atoms with E-state index in [0.29, 0.717) is 5.76 Å². The summed E-state index contributed by atoms with van der Waals surface area (Å²) in [4.78, 5) is 4.47. The third-order valence-electron chi connectivity index (χ3n) is 2.58. The van der Waals surface area contributed by atoms with Crippen molar-refractivity contribution in [3.63, 3.8) is 0 Å². The Morgan fingerprint density at radius 2 is 2.00 bits per heavy atom. The Morgan fingerprint density at radius 3 is 2.64 bits per heavy atom. The maximum atomic E-state index is 9.36. The first kappa shape index (κ1) is 9.07. The van der Waals surface area contributed by atoms with Crippen LogP contribution >= 0.6 is 0 Å². The zero-order chi connectivity index (χ0) is 10.1. The fourth-order valence-corrected chi connectivity index (χ4v) is 1.56. The Hall–Kier alpha value is -1.51. The first-order chi connectivity index (χ1) is 6.68. The molecule has 1 heterocycles. The van der Waals surface area contributed by atoms with Crippen LogP contribution < -0.4 is 5.46 Å². The van der Waals surface area contributed by atoms with Crippen LogP contribution in [0.25, 0.3) is 0 Å². The Kier molecular flexibility index (Phi) is 2.16. The van der Waals surface area contributed by atoms with E-state index in [2.05, 4.69) is 11.1 Å². The van der Waals surface area contributed by atoms with Crippen molar-refractivity contribution in [2.24, 2.45) is 4.99 Å². The Bertz CT molecular complexity index is 431. The number of hydrogen-bond donors (Lipinski definition) is 1. The highest BCUT2D eigenvalue weighted by atomic mass is 16.3. The van der Waals surface area contributed by atoms with Crippen molar-refractivity contribution in [3.8, 4) is 0 Å². The van der Waals surface area contributed by atoms with Crippen molar-refractivity contribution in [1.29, 1.82) is 0 Å². The minimum absolute atomic E-state index is 0.358. The molecule has 0 unspecified atom stereocenters. The number of para-hydroxylation sites is 1. The number of fused-ring (bicyclic) bond motifs is 1. The number of allylic oxidation sites excluding steroid dienone is 2. The second-order valence-electron chi connectivity index (χ2n) is 3.57. The monoisotopic (exact) mass is 185 g/mol. The van der Waals surface area contributed by atoms with E-state index in [9.17, 15) is 5.11 Å². The summed E-state index contributed by atoms with van der Waals surface area (Å²) >= 11 is 0. The third-order valence-corrected chi connectivity index (χ3v) is 2.58. The predicted molar refractivity (Wildman–Crippen MR) is 61.3 cm³/mol. The standard InChI is InChI=1S/C11H12BNO/c1-7(8(2)14)11-12-9-5-3-4-6-10(9)13-11/h3-6,12,14H,1-2H3/b8-7-. The van der Waals surface area contributed by atoms with Gasteiger partial charge in [-0.2, -0.15) is 0 Å². The highest BCUT2D eigenvalue weighted by Crippen LogP contribution is 2.17.